The Bertz CT molecular complexity index is 795. The molecule has 3 rings (SSSR count). The first kappa shape index (κ1) is 21.9. The number of aryl methyl sites for hydroxylation is 1. The standard InChI is InChI=1S/C20H33N7O3/c1-20(2,3)30-19(29)27(15-6-7-15)9-8-22-18(21-4)25-10-11-26(17(28)14-25)16-12-23-24(5)13-16/h12-13,15H,6-11,14H2,1-5H3,(H,21,22). The monoisotopic (exact) mass is 419 g/mol. The lowest BCUT2D eigenvalue weighted by Crippen LogP contribution is -2.56. The summed E-state index contributed by atoms with van der Waals surface area (Å²) in [4.78, 5) is 34.9. The van der Waals surface area contributed by atoms with Gasteiger partial charge in [0, 0.05) is 52.5 Å². The van der Waals surface area contributed by atoms with Crippen molar-refractivity contribution >= 4 is 23.6 Å². The highest BCUT2D eigenvalue weighted by Gasteiger charge is 2.35. The molecule has 1 N–H and O–H groups in total. The van der Waals surface area contributed by atoms with Crippen molar-refractivity contribution < 1.29 is 14.3 Å². The van der Waals surface area contributed by atoms with Crippen molar-refractivity contribution in [3.63, 3.8) is 0 Å². The lowest BCUT2D eigenvalue weighted by molar-refractivity contribution is -0.120. The van der Waals surface area contributed by atoms with Gasteiger partial charge in [-0.3, -0.25) is 14.5 Å². The van der Waals surface area contributed by atoms with E-state index in [1.54, 1.807) is 27.7 Å². The van der Waals surface area contributed by atoms with E-state index in [1.807, 2.05) is 38.9 Å². The van der Waals surface area contributed by atoms with Crippen LogP contribution in [0.4, 0.5) is 10.5 Å². The van der Waals surface area contributed by atoms with E-state index in [2.05, 4.69) is 15.4 Å². The largest absolute Gasteiger partial charge is 0.444 e. The maximum Gasteiger partial charge on any atom is 0.410 e. The number of amides is 2. The van der Waals surface area contributed by atoms with Crippen molar-refractivity contribution in [1.82, 2.24) is 24.9 Å². The zero-order chi connectivity index (χ0) is 21.9. The van der Waals surface area contributed by atoms with Crippen LogP contribution in [0.5, 0.6) is 0 Å². The molecule has 0 aromatic carbocycles. The Balaban J connectivity index is 1.51. The summed E-state index contributed by atoms with van der Waals surface area (Å²) in [5.41, 5.74) is 0.296. The van der Waals surface area contributed by atoms with Crippen LogP contribution in [-0.4, -0.2) is 89.0 Å². The molecule has 10 heteroatoms. The van der Waals surface area contributed by atoms with Crippen LogP contribution >= 0.6 is 0 Å². The fourth-order valence-corrected chi connectivity index (χ4v) is 3.42. The van der Waals surface area contributed by atoms with Crippen LogP contribution in [0.2, 0.25) is 0 Å². The average Bonchev–Trinajstić information content (AvgIpc) is 3.40. The predicted molar refractivity (Wildman–Crippen MR) is 114 cm³/mol. The van der Waals surface area contributed by atoms with Crippen LogP contribution < -0.4 is 10.2 Å². The molecule has 1 saturated heterocycles. The topological polar surface area (TPSA) is 95.3 Å². The molecule has 2 amide bonds. The fourth-order valence-electron chi connectivity index (χ4n) is 3.42. The molecule has 1 aromatic heterocycles. The minimum absolute atomic E-state index is 0.00515. The van der Waals surface area contributed by atoms with Crippen molar-refractivity contribution in [3.05, 3.63) is 12.4 Å². The third-order valence-electron chi connectivity index (χ3n) is 4.99. The number of rotatable bonds is 5. The minimum Gasteiger partial charge on any atom is -0.444 e. The number of carbonyl (C=O) groups excluding carboxylic acids is 2. The molecule has 1 aliphatic carbocycles. The van der Waals surface area contributed by atoms with Crippen LogP contribution in [0, 0.1) is 0 Å². The number of anilines is 1. The van der Waals surface area contributed by atoms with Gasteiger partial charge >= 0.3 is 6.09 Å². The number of hydrogen-bond donors (Lipinski definition) is 1. The van der Waals surface area contributed by atoms with Crippen LogP contribution in [0.25, 0.3) is 0 Å². The molecule has 2 aliphatic rings. The zero-order valence-corrected chi connectivity index (χ0v) is 18.6. The number of guanidine groups is 1. The highest BCUT2D eigenvalue weighted by molar-refractivity contribution is 5.98. The first-order valence-corrected chi connectivity index (χ1v) is 10.4. The second kappa shape index (κ2) is 8.93. The molecule has 1 aliphatic heterocycles. The predicted octanol–water partition coefficient (Wildman–Crippen LogP) is 1.04. The van der Waals surface area contributed by atoms with Crippen molar-refractivity contribution in [2.45, 2.75) is 45.3 Å². The minimum atomic E-state index is -0.512. The molecule has 0 spiro atoms. The average molecular weight is 420 g/mol. The molecular formula is C20H33N7O3. The molecule has 2 fully saturated rings. The molecular weight excluding hydrogens is 386 g/mol. The first-order valence-electron chi connectivity index (χ1n) is 10.4. The van der Waals surface area contributed by atoms with Gasteiger partial charge in [-0.25, -0.2) is 4.79 Å². The van der Waals surface area contributed by atoms with E-state index in [-0.39, 0.29) is 24.6 Å². The van der Waals surface area contributed by atoms with E-state index >= 15 is 0 Å². The van der Waals surface area contributed by atoms with Crippen LogP contribution in [0.3, 0.4) is 0 Å². The molecule has 0 atom stereocenters. The number of nitrogens with zero attached hydrogens (tertiary/aromatic N) is 6. The Morgan fingerprint density at radius 2 is 2.10 bits per heavy atom. The lowest BCUT2D eigenvalue weighted by atomic mass is 10.2. The van der Waals surface area contributed by atoms with Crippen LogP contribution in [-0.2, 0) is 16.6 Å². The van der Waals surface area contributed by atoms with Gasteiger partial charge in [-0.15, -0.1) is 0 Å². The van der Waals surface area contributed by atoms with Crippen molar-refractivity contribution in [3.8, 4) is 0 Å². The summed E-state index contributed by atoms with van der Waals surface area (Å²) >= 11 is 0. The highest BCUT2D eigenvalue weighted by atomic mass is 16.6. The van der Waals surface area contributed by atoms with Crippen molar-refractivity contribution in [2.75, 3.05) is 44.7 Å². The Labute approximate surface area is 177 Å². The Morgan fingerprint density at radius 1 is 1.37 bits per heavy atom. The molecule has 166 valence electrons. The van der Waals surface area contributed by atoms with E-state index in [0.717, 1.165) is 18.5 Å². The Morgan fingerprint density at radius 3 is 2.63 bits per heavy atom. The molecule has 1 saturated carbocycles. The summed E-state index contributed by atoms with van der Waals surface area (Å²) in [6.45, 7) is 8.17. The van der Waals surface area contributed by atoms with Gasteiger partial charge in [-0.1, -0.05) is 0 Å². The smallest absolute Gasteiger partial charge is 0.410 e. The maximum atomic E-state index is 12.6. The summed E-state index contributed by atoms with van der Waals surface area (Å²) < 4.78 is 7.22. The molecule has 1 aromatic rings. The fraction of sp³-hybridized carbons (Fsp3) is 0.700. The summed E-state index contributed by atoms with van der Waals surface area (Å²) in [6, 6.07) is 0.258. The van der Waals surface area contributed by atoms with E-state index in [4.69, 9.17) is 4.74 Å². The number of nitrogens with one attached hydrogen (secondary N) is 1. The number of ether oxygens (including phenoxy) is 1. The molecule has 30 heavy (non-hydrogen) atoms. The lowest BCUT2D eigenvalue weighted by Gasteiger charge is -2.35. The van der Waals surface area contributed by atoms with E-state index < -0.39 is 5.60 Å². The van der Waals surface area contributed by atoms with Crippen molar-refractivity contribution in [1.29, 1.82) is 0 Å². The van der Waals surface area contributed by atoms with Gasteiger partial charge in [0.05, 0.1) is 11.9 Å². The summed E-state index contributed by atoms with van der Waals surface area (Å²) in [6.07, 6.45) is 5.28. The van der Waals surface area contributed by atoms with Gasteiger partial charge in [-0.2, -0.15) is 5.10 Å². The van der Waals surface area contributed by atoms with Crippen LogP contribution in [0.15, 0.2) is 17.4 Å². The van der Waals surface area contributed by atoms with E-state index in [1.165, 1.54) is 0 Å². The van der Waals surface area contributed by atoms with E-state index in [9.17, 15) is 9.59 Å². The second-order valence-corrected chi connectivity index (χ2v) is 8.72. The Kier molecular flexibility index (Phi) is 6.52. The van der Waals surface area contributed by atoms with Crippen LogP contribution in [0.1, 0.15) is 33.6 Å². The summed E-state index contributed by atoms with van der Waals surface area (Å²) in [5, 5.41) is 7.43. The summed E-state index contributed by atoms with van der Waals surface area (Å²) in [5.74, 6) is 0.666. The third kappa shape index (κ3) is 5.64. The van der Waals surface area contributed by atoms with Gasteiger partial charge in [0.2, 0.25) is 5.91 Å². The Hall–Kier alpha value is -2.78. The van der Waals surface area contributed by atoms with Gasteiger partial charge in [-0.05, 0) is 33.6 Å². The highest BCUT2D eigenvalue weighted by Crippen LogP contribution is 2.28. The quantitative estimate of drug-likeness (QED) is 0.566. The summed E-state index contributed by atoms with van der Waals surface area (Å²) in [7, 11) is 3.53. The second-order valence-electron chi connectivity index (χ2n) is 8.72. The van der Waals surface area contributed by atoms with Gasteiger partial charge in [0.25, 0.3) is 0 Å². The van der Waals surface area contributed by atoms with Crippen molar-refractivity contribution in [2.24, 2.45) is 12.0 Å². The number of hydrogen-bond acceptors (Lipinski definition) is 5. The van der Waals surface area contributed by atoms with Gasteiger partial charge < -0.3 is 24.8 Å². The molecule has 10 nitrogen and oxygen atoms in total. The normalized spacial score (nSPS) is 17.9. The number of aliphatic imine (C=N–C) groups is 1. The number of piperazine rings is 1. The van der Waals surface area contributed by atoms with Gasteiger partial charge in [0.1, 0.15) is 12.1 Å². The zero-order valence-electron chi connectivity index (χ0n) is 18.6. The molecule has 0 unspecified atom stereocenters. The number of aromatic nitrogens is 2. The molecule has 0 bridgehead atoms. The SMILES string of the molecule is CN=C(NCCN(C(=O)OC(C)(C)C)C1CC1)N1CCN(c2cnn(C)c2)C(=O)C1. The first-order chi connectivity index (χ1) is 14.2. The van der Waals surface area contributed by atoms with Gasteiger partial charge in [0.15, 0.2) is 5.96 Å². The van der Waals surface area contributed by atoms with E-state index in [0.29, 0.717) is 32.1 Å². The molecule has 2 heterocycles. The number of carbonyl (C=O) groups is 2. The third-order valence-corrected chi connectivity index (χ3v) is 4.99. The maximum absolute atomic E-state index is 12.6. The molecule has 0 radical (unpaired) electrons.